The van der Waals surface area contributed by atoms with Crippen LogP contribution in [0.2, 0.25) is 0 Å². The van der Waals surface area contributed by atoms with E-state index in [0.717, 1.165) is 22.6 Å². The first-order chi connectivity index (χ1) is 17.6. The highest BCUT2D eigenvalue weighted by molar-refractivity contribution is 6.10. The van der Waals surface area contributed by atoms with Gasteiger partial charge in [-0.05, 0) is 75.2 Å². The van der Waals surface area contributed by atoms with E-state index >= 15 is 0 Å². The topological polar surface area (TPSA) is 72.8 Å². The van der Waals surface area contributed by atoms with Gasteiger partial charge in [-0.2, -0.15) is 0 Å². The van der Waals surface area contributed by atoms with Crippen LogP contribution in [0.3, 0.4) is 0 Å². The average molecular weight is 495 g/mol. The van der Waals surface area contributed by atoms with Gasteiger partial charge in [0, 0.05) is 28.0 Å². The lowest BCUT2D eigenvalue weighted by molar-refractivity contribution is 0.380. The summed E-state index contributed by atoms with van der Waals surface area (Å²) < 4.78 is 0. The number of para-hydroxylation sites is 1. The van der Waals surface area contributed by atoms with E-state index in [1.165, 1.54) is 5.56 Å². The highest BCUT2D eigenvalue weighted by Gasteiger charge is 2.30. The van der Waals surface area contributed by atoms with E-state index in [1.54, 1.807) is 0 Å². The summed E-state index contributed by atoms with van der Waals surface area (Å²) in [6.45, 7) is 12.8. The molecule has 1 aliphatic rings. The minimum atomic E-state index is -0.279. The van der Waals surface area contributed by atoms with Crippen molar-refractivity contribution in [1.29, 1.82) is 0 Å². The van der Waals surface area contributed by atoms with E-state index in [2.05, 4.69) is 117 Å². The predicted molar refractivity (Wildman–Crippen MR) is 159 cm³/mol. The first kappa shape index (κ1) is 26.0. The molecule has 0 saturated carbocycles. The Balaban J connectivity index is 1.50. The van der Waals surface area contributed by atoms with Crippen molar-refractivity contribution < 1.29 is 0 Å². The van der Waals surface area contributed by atoms with Gasteiger partial charge < -0.3 is 16.0 Å². The molecule has 1 aliphatic heterocycles. The molecule has 0 spiro atoms. The zero-order valence-corrected chi connectivity index (χ0v) is 22.6. The van der Waals surface area contributed by atoms with Gasteiger partial charge in [0.25, 0.3) is 0 Å². The molecule has 0 saturated heterocycles. The third-order valence-corrected chi connectivity index (χ3v) is 5.92. The highest BCUT2D eigenvalue weighted by Crippen LogP contribution is 2.29. The first-order valence-electron chi connectivity index (χ1n) is 12.8. The van der Waals surface area contributed by atoms with Gasteiger partial charge in [0.05, 0.1) is 0 Å². The Morgan fingerprint density at radius 1 is 0.676 bits per heavy atom. The molecule has 3 aromatic carbocycles. The van der Waals surface area contributed by atoms with Gasteiger partial charge in [-0.25, -0.2) is 9.98 Å². The summed E-state index contributed by atoms with van der Waals surface area (Å²) in [6, 6.07) is 26.9. The maximum Gasteiger partial charge on any atom is 0.204 e. The lowest BCUT2D eigenvalue weighted by atomic mass is 9.89. The lowest BCUT2D eigenvalue weighted by Crippen LogP contribution is -2.46. The van der Waals surface area contributed by atoms with Crippen LogP contribution in [0, 0.1) is 5.41 Å². The fourth-order valence-electron chi connectivity index (χ4n) is 4.15. The summed E-state index contributed by atoms with van der Waals surface area (Å²) in [5, 5.41) is 13.6. The van der Waals surface area contributed by atoms with Crippen molar-refractivity contribution in [3.8, 4) is 11.1 Å². The van der Waals surface area contributed by atoms with E-state index in [1.807, 2.05) is 37.3 Å². The molecule has 6 heteroatoms. The molecule has 0 radical (unpaired) electrons. The van der Waals surface area contributed by atoms with Crippen LogP contribution >= 0.6 is 0 Å². The molecule has 1 atom stereocenters. The van der Waals surface area contributed by atoms with Gasteiger partial charge in [0.15, 0.2) is 6.17 Å². The molecule has 0 aliphatic carbocycles. The number of hydrogen-bond acceptors (Lipinski definition) is 6. The number of anilines is 3. The highest BCUT2D eigenvalue weighted by atomic mass is 15.3. The SMILES string of the molecule is CC=CC(C)(C)C1N=C(Nc2ccccc2)NC(Nc2ccc(-c3ccc(NC(C)(C)C)cc3)cc2)=N1. The van der Waals surface area contributed by atoms with Gasteiger partial charge in [-0.3, -0.25) is 5.32 Å². The number of nitrogens with zero attached hydrogens (tertiary/aromatic N) is 2. The van der Waals surface area contributed by atoms with E-state index in [0.29, 0.717) is 11.9 Å². The van der Waals surface area contributed by atoms with Gasteiger partial charge in [0.2, 0.25) is 11.9 Å². The number of aliphatic imine (C=N–C) groups is 2. The normalized spacial score (nSPS) is 16.0. The van der Waals surface area contributed by atoms with Crippen molar-refractivity contribution >= 4 is 29.0 Å². The Kier molecular flexibility index (Phi) is 7.67. The Morgan fingerprint density at radius 2 is 1.16 bits per heavy atom. The van der Waals surface area contributed by atoms with Crippen LogP contribution < -0.4 is 21.3 Å². The standard InChI is InChI=1S/C31H38N6/c1-7-21-31(5,6)27-34-28(32-24-11-9-8-10-12-24)36-29(35-27)33-25-17-13-22(14-18-25)23-15-19-26(20-16-23)37-30(2,3)4/h7-21,27,37H,1-6H3,(H3,32,33,34,35,36). The summed E-state index contributed by atoms with van der Waals surface area (Å²) >= 11 is 0. The minimum absolute atomic E-state index is 0.0347. The van der Waals surface area contributed by atoms with Crippen molar-refractivity contribution in [3.05, 3.63) is 91.0 Å². The minimum Gasteiger partial charge on any atom is -0.380 e. The second-order valence-electron chi connectivity index (χ2n) is 10.9. The molecule has 0 bridgehead atoms. The Morgan fingerprint density at radius 3 is 1.65 bits per heavy atom. The van der Waals surface area contributed by atoms with Crippen molar-refractivity contribution in [3.63, 3.8) is 0 Å². The van der Waals surface area contributed by atoms with Gasteiger partial charge in [-0.1, -0.05) is 68.5 Å². The van der Waals surface area contributed by atoms with Crippen LogP contribution in [0.4, 0.5) is 17.1 Å². The zero-order valence-electron chi connectivity index (χ0n) is 22.6. The van der Waals surface area contributed by atoms with Gasteiger partial charge in [-0.15, -0.1) is 0 Å². The van der Waals surface area contributed by atoms with Crippen LogP contribution in [-0.4, -0.2) is 23.6 Å². The monoisotopic (exact) mass is 494 g/mol. The summed E-state index contributed by atoms with van der Waals surface area (Å²) in [6.07, 6.45) is 3.91. The Bertz CT molecular complexity index is 1260. The molecule has 0 amide bonds. The Labute approximate surface area is 221 Å². The molecular formula is C31H38N6. The molecule has 0 fully saturated rings. The number of nitrogens with one attached hydrogen (secondary N) is 4. The molecular weight excluding hydrogens is 456 g/mol. The van der Waals surface area contributed by atoms with Crippen LogP contribution in [0.1, 0.15) is 41.5 Å². The van der Waals surface area contributed by atoms with Crippen LogP contribution in [0.25, 0.3) is 11.1 Å². The number of guanidine groups is 2. The fraction of sp³-hybridized carbons (Fsp3) is 0.290. The second kappa shape index (κ2) is 10.9. The first-order valence-corrected chi connectivity index (χ1v) is 12.8. The molecule has 4 N–H and O–H groups in total. The van der Waals surface area contributed by atoms with Gasteiger partial charge >= 0.3 is 0 Å². The van der Waals surface area contributed by atoms with E-state index in [-0.39, 0.29) is 17.1 Å². The van der Waals surface area contributed by atoms with Crippen LogP contribution in [-0.2, 0) is 0 Å². The molecule has 3 aromatic rings. The maximum atomic E-state index is 4.89. The number of benzene rings is 3. The fourth-order valence-corrected chi connectivity index (χ4v) is 4.15. The predicted octanol–water partition coefficient (Wildman–Crippen LogP) is 7.33. The van der Waals surface area contributed by atoms with Crippen molar-refractivity contribution in [2.75, 3.05) is 16.0 Å². The van der Waals surface area contributed by atoms with Crippen molar-refractivity contribution in [2.45, 2.75) is 53.2 Å². The van der Waals surface area contributed by atoms with Crippen molar-refractivity contribution in [1.82, 2.24) is 5.32 Å². The molecule has 1 heterocycles. The van der Waals surface area contributed by atoms with E-state index < -0.39 is 0 Å². The summed E-state index contributed by atoms with van der Waals surface area (Å²) in [5.41, 5.74) is 5.15. The number of hydrogen-bond donors (Lipinski definition) is 4. The maximum absolute atomic E-state index is 4.89. The quantitative estimate of drug-likeness (QED) is 0.271. The molecule has 6 nitrogen and oxygen atoms in total. The molecule has 192 valence electrons. The summed E-state index contributed by atoms with van der Waals surface area (Å²) in [4.78, 5) is 9.74. The number of rotatable bonds is 6. The second-order valence-corrected chi connectivity index (χ2v) is 10.9. The van der Waals surface area contributed by atoms with Crippen molar-refractivity contribution in [2.24, 2.45) is 15.4 Å². The van der Waals surface area contributed by atoms with Gasteiger partial charge in [0.1, 0.15) is 0 Å². The van der Waals surface area contributed by atoms with E-state index in [9.17, 15) is 0 Å². The Hall–Kier alpha value is -4.06. The zero-order chi connectivity index (χ0) is 26.5. The molecule has 4 rings (SSSR count). The number of allylic oxidation sites excluding steroid dienone is 1. The van der Waals surface area contributed by atoms with Crippen LogP contribution in [0.5, 0.6) is 0 Å². The molecule has 1 unspecified atom stereocenters. The lowest BCUT2D eigenvalue weighted by Gasteiger charge is -2.30. The average Bonchev–Trinajstić information content (AvgIpc) is 2.85. The largest absolute Gasteiger partial charge is 0.380 e. The van der Waals surface area contributed by atoms with Crippen LogP contribution in [0.15, 0.2) is 101 Å². The summed E-state index contributed by atoms with van der Waals surface area (Å²) in [7, 11) is 0. The smallest absolute Gasteiger partial charge is 0.204 e. The molecule has 37 heavy (non-hydrogen) atoms. The van der Waals surface area contributed by atoms with E-state index in [4.69, 9.17) is 9.98 Å². The summed E-state index contributed by atoms with van der Waals surface area (Å²) in [5.74, 6) is 1.31. The third-order valence-electron chi connectivity index (χ3n) is 5.92. The molecule has 0 aromatic heterocycles. The third kappa shape index (κ3) is 7.23.